The molecule has 9 aliphatic carbocycles. The second-order valence-corrected chi connectivity index (χ2v) is 36.9. The molecule has 0 aromatic heterocycles. The average Bonchev–Trinajstić information content (AvgIpc) is 1.71. The highest BCUT2D eigenvalue weighted by Crippen LogP contribution is 2.55. The van der Waals surface area contributed by atoms with E-state index in [4.69, 9.17) is 0 Å². The van der Waals surface area contributed by atoms with Crippen LogP contribution in [-0.2, 0) is 57.8 Å². The predicted octanol–water partition coefficient (Wildman–Crippen LogP) is 32.6. The molecule has 0 heterocycles. The Morgan fingerprint density at radius 2 is 0.445 bits per heavy atom. The lowest BCUT2D eigenvalue weighted by Gasteiger charge is -2.25. The third kappa shape index (κ3) is 11.5. The number of benzene rings is 22. The zero-order chi connectivity index (χ0) is 83.9. The molecule has 0 amide bonds. The molecule has 0 saturated carbocycles. The molecule has 0 spiro atoms. The Kier molecular flexibility index (Phi) is 16.5. The van der Waals surface area contributed by atoms with Crippen molar-refractivity contribution in [2.24, 2.45) is 0 Å². The lowest BCUT2D eigenvalue weighted by molar-refractivity contribution is 1.13. The summed E-state index contributed by atoms with van der Waals surface area (Å²) in [5.74, 6) is 0. The first kappa shape index (κ1) is 73.1. The van der Waals surface area contributed by atoms with Crippen molar-refractivity contribution in [1.29, 1.82) is 0 Å². The van der Waals surface area contributed by atoms with Gasteiger partial charge in [0.15, 0.2) is 0 Å². The van der Waals surface area contributed by atoms with Crippen molar-refractivity contribution in [3.63, 3.8) is 0 Å². The second kappa shape index (κ2) is 28.9. The van der Waals surface area contributed by atoms with E-state index in [9.17, 15) is 0 Å². The smallest absolute Gasteiger partial charge is 0.000421 e. The fraction of sp³-hybridized carbons (Fsp3) is 0.0781. The van der Waals surface area contributed by atoms with Gasteiger partial charge >= 0.3 is 0 Å². The van der Waals surface area contributed by atoms with Gasteiger partial charge < -0.3 is 0 Å². The summed E-state index contributed by atoms with van der Waals surface area (Å²) in [6, 6.07) is 146. The largest absolute Gasteiger partial charge is 0.0622 e. The average molecular weight is 1620 g/mol. The maximum Gasteiger partial charge on any atom is -0.000421 e. The van der Waals surface area contributed by atoms with Crippen LogP contribution >= 0.6 is 0 Å². The van der Waals surface area contributed by atoms with Crippen LogP contribution in [0.3, 0.4) is 0 Å². The van der Waals surface area contributed by atoms with Gasteiger partial charge in [-0.05, 0) is 400 Å². The Bertz CT molecular complexity index is 8480. The van der Waals surface area contributed by atoms with E-state index in [1.54, 1.807) is 11.1 Å². The molecule has 22 aromatic carbocycles. The third-order valence-corrected chi connectivity index (χ3v) is 30.2. The van der Waals surface area contributed by atoms with E-state index >= 15 is 0 Å². The summed E-state index contributed by atoms with van der Waals surface area (Å²) in [5, 5.41) is 19.2. The molecule has 0 unspecified atom stereocenters. The molecule has 0 saturated heterocycles. The number of hydrogen-bond acceptors (Lipinski definition) is 0. The molecule has 0 atom stereocenters. The normalized spacial score (nSPS) is 13.2. The molecular formula is C128H86. The monoisotopic (exact) mass is 1620 g/mol. The molecule has 0 heteroatoms. The van der Waals surface area contributed by atoms with E-state index in [2.05, 4.69) is 401 Å². The molecule has 22 aromatic rings. The molecule has 0 radical (unpaired) electrons. The van der Waals surface area contributed by atoms with Crippen LogP contribution in [-0.4, -0.2) is 0 Å². The SMILES string of the molecule is Cc1c(-c2ccccc2)ccc2c1Cc1cc3ccccc3cc1-2.c1ccc2c(c1)Cc1c-2ccc2c1Cc1c-2ccc2ccccc12.c1ccc2c(c1)Cc1c-2ccc2c1Cc1cccc3cc4ccccc4c-2c13.c1ccc2c(c1)Cc1cc3c(cc1-2)Cc1c-3ccc2ccccc12.c1ccc2c(c1)Cc1cc3c(cc1-2)Cc1cccc2cc4ccccc4c-3c12. The van der Waals surface area contributed by atoms with Gasteiger partial charge in [0.2, 0.25) is 0 Å². The molecule has 0 N–H and O–H groups in total. The zero-order valence-corrected chi connectivity index (χ0v) is 71.4. The highest BCUT2D eigenvalue weighted by Gasteiger charge is 2.34. The van der Waals surface area contributed by atoms with Crippen LogP contribution in [0.1, 0.15) is 106 Å². The number of hydrogen-bond donors (Lipinski definition) is 0. The van der Waals surface area contributed by atoms with Crippen LogP contribution < -0.4 is 0 Å². The molecule has 9 aliphatic rings. The summed E-state index contributed by atoms with van der Waals surface area (Å²) in [6.07, 6.45) is 9.50. The van der Waals surface area contributed by atoms with Crippen LogP contribution in [0.25, 0.3) is 187 Å². The van der Waals surface area contributed by atoms with Crippen LogP contribution in [0, 0.1) is 6.92 Å². The van der Waals surface area contributed by atoms with Gasteiger partial charge in [0.05, 0.1) is 0 Å². The first-order valence-electron chi connectivity index (χ1n) is 45.9. The van der Waals surface area contributed by atoms with Crippen LogP contribution in [0.4, 0.5) is 0 Å². The van der Waals surface area contributed by atoms with Crippen LogP contribution in [0.2, 0.25) is 0 Å². The Morgan fingerprint density at radius 1 is 0.141 bits per heavy atom. The van der Waals surface area contributed by atoms with E-state index in [1.165, 1.54) is 281 Å². The zero-order valence-electron chi connectivity index (χ0n) is 71.4. The standard InChI is InChI=1S/2C28H18.2C24H16.C24H18/c1-3-10-21-18(7-1)15-25-23(21)12-13-24-26(25)16-20-9-5-8-19-14-17-6-2-4-11-22(17)28(24)27(19)20;1-3-10-23-17(6-1)13-21-16-26-22(15-25(21)23)14-20-9-5-8-19-12-18-7-2-4-11-24(18)28(26)27(19)20;1-3-7-19-15(5-1)9-10-21-23-12-17-11-16-6-2-4-8-20(16)22(17)13-18(23)14-24(19)21;1-3-7-17-15(5-1)9-10-20-21-12-11-19-18-8-4-2-6-16(18)13-22(19)24(21)14-23(17)20;1-16-21(17-7-3-2-4-8-17)11-12-22-23(16)15-20-13-18-9-5-6-10-19(18)14-24(20)22/h1-14H,15-16H2;1-12,15-16H,13-14H2;1-10,12-13H,11,14H2;1-12H,13-14H2;2-14H,15H2,1H3. The maximum absolute atomic E-state index is 2.49. The topological polar surface area (TPSA) is 0 Å². The minimum absolute atomic E-state index is 1.02. The van der Waals surface area contributed by atoms with Crippen molar-refractivity contribution in [2.45, 2.75) is 64.7 Å². The highest BCUT2D eigenvalue weighted by atomic mass is 14.4. The molecule has 0 nitrogen and oxygen atoms in total. The van der Waals surface area contributed by atoms with Crippen molar-refractivity contribution in [2.75, 3.05) is 0 Å². The van der Waals surface area contributed by atoms with Gasteiger partial charge in [0.1, 0.15) is 0 Å². The lowest BCUT2D eigenvalue weighted by atomic mass is 9.78. The van der Waals surface area contributed by atoms with Crippen molar-refractivity contribution < 1.29 is 0 Å². The maximum atomic E-state index is 2.49. The predicted molar refractivity (Wildman–Crippen MR) is 539 cm³/mol. The summed E-state index contributed by atoms with van der Waals surface area (Å²) < 4.78 is 0. The highest BCUT2D eigenvalue weighted by molar-refractivity contribution is 6.18. The quantitative estimate of drug-likeness (QED) is 0.144. The summed E-state index contributed by atoms with van der Waals surface area (Å²) in [6.45, 7) is 2.27. The van der Waals surface area contributed by atoms with E-state index < -0.39 is 0 Å². The van der Waals surface area contributed by atoms with Crippen molar-refractivity contribution >= 4 is 75.4 Å². The van der Waals surface area contributed by atoms with Gasteiger partial charge in [-0.25, -0.2) is 0 Å². The lowest BCUT2D eigenvalue weighted by Crippen LogP contribution is -2.05. The van der Waals surface area contributed by atoms with Crippen molar-refractivity contribution in [3.05, 3.63) is 500 Å². The van der Waals surface area contributed by atoms with E-state index in [0.717, 1.165) is 57.8 Å². The van der Waals surface area contributed by atoms with Gasteiger partial charge in [0.25, 0.3) is 0 Å². The Balaban J connectivity index is 0.0000000829. The summed E-state index contributed by atoms with van der Waals surface area (Å²) in [5.41, 5.74) is 56.7. The molecular weight excluding hydrogens is 1540 g/mol. The Labute approximate surface area is 746 Å². The van der Waals surface area contributed by atoms with Crippen LogP contribution in [0.5, 0.6) is 0 Å². The van der Waals surface area contributed by atoms with E-state index in [1.807, 2.05) is 0 Å². The number of rotatable bonds is 1. The summed E-state index contributed by atoms with van der Waals surface area (Å²) >= 11 is 0. The van der Waals surface area contributed by atoms with Gasteiger partial charge in [-0.3, -0.25) is 0 Å². The summed E-state index contributed by atoms with van der Waals surface area (Å²) in [4.78, 5) is 0. The second-order valence-electron chi connectivity index (χ2n) is 36.9. The first-order valence-corrected chi connectivity index (χ1v) is 45.9. The molecule has 0 aliphatic heterocycles. The first-order chi connectivity index (χ1) is 63.3. The van der Waals surface area contributed by atoms with Gasteiger partial charge in [-0.1, -0.05) is 352 Å². The molecule has 128 heavy (non-hydrogen) atoms. The van der Waals surface area contributed by atoms with Gasteiger partial charge in [-0.2, -0.15) is 0 Å². The molecule has 598 valence electrons. The van der Waals surface area contributed by atoms with E-state index in [0.29, 0.717) is 0 Å². The van der Waals surface area contributed by atoms with Crippen LogP contribution in [0.15, 0.2) is 394 Å². The van der Waals surface area contributed by atoms with E-state index in [-0.39, 0.29) is 0 Å². The Hall–Kier alpha value is -15.3. The number of fused-ring (bicyclic) bond motifs is 36. The summed E-state index contributed by atoms with van der Waals surface area (Å²) in [7, 11) is 0. The fourth-order valence-electron chi connectivity index (χ4n) is 24.3. The van der Waals surface area contributed by atoms with Gasteiger partial charge in [-0.15, -0.1) is 0 Å². The minimum atomic E-state index is 1.02. The van der Waals surface area contributed by atoms with Gasteiger partial charge in [0, 0.05) is 0 Å². The third-order valence-electron chi connectivity index (χ3n) is 30.2. The molecule has 31 rings (SSSR count). The Morgan fingerprint density at radius 3 is 1.02 bits per heavy atom. The molecule has 0 fully saturated rings. The van der Waals surface area contributed by atoms with Crippen molar-refractivity contribution in [3.8, 4) is 111 Å². The minimum Gasteiger partial charge on any atom is -0.0622 e. The molecule has 0 bridgehead atoms. The van der Waals surface area contributed by atoms with Crippen molar-refractivity contribution in [1.82, 2.24) is 0 Å². The fourth-order valence-corrected chi connectivity index (χ4v) is 24.3.